The van der Waals surface area contributed by atoms with Crippen LogP contribution < -0.4 is 16.0 Å². The molecule has 1 fully saturated rings. The maximum atomic E-state index is 12.4. The van der Waals surface area contributed by atoms with Gasteiger partial charge < -0.3 is 25.8 Å². The number of carbonyl (C=O) groups excluding carboxylic acids is 2. The maximum Gasteiger partial charge on any atom is 0.490 e. The number of alkyl carbamates (subject to hydrolysis) is 1. The summed E-state index contributed by atoms with van der Waals surface area (Å²) >= 11 is 0. The summed E-state index contributed by atoms with van der Waals surface area (Å²) in [6.45, 7) is 1.34. The summed E-state index contributed by atoms with van der Waals surface area (Å²) in [5, 5.41) is 16.0. The number of alkyl halides is 3. The Balaban J connectivity index is 0.000000479. The molecule has 1 heterocycles. The number of carbonyl (C=O) groups is 3. The summed E-state index contributed by atoms with van der Waals surface area (Å²) in [5.41, 5.74) is 1.95. The van der Waals surface area contributed by atoms with Gasteiger partial charge in [0.25, 0.3) is 0 Å². The van der Waals surface area contributed by atoms with Crippen LogP contribution in [0.4, 0.5) is 18.0 Å². The second-order valence-corrected chi connectivity index (χ2v) is 7.04. The minimum Gasteiger partial charge on any atom is -0.475 e. The molecule has 1 aliphatic heterocycles. The Labute approximate surface area is 188 Å². The summed E-state index contributed by atoms with van der Waals surface area (Å²) < 4.78 is 37.0. The van der Waals surface area contributed by atoms with Crippen molar-refractivity contribution in [2.75, 3.05) is 6.54 Å². The third-order valence-electron chi connectivity index (χ3n) is 4.57. The van der Waals surface area contributed by atoms with Gasteiger partial charge in [-0.3, -0.25) is 4.79 Å². The molecule has 2 atom stereocenters. The molecule has 178 valence electrons. The lowest BCUT2D eigenvalue weighted by molar-refractivity contribution is -0.192. The molecule has 0 unspecified atom stereocenters. The number of carboxylic acid groups (broad SMARTS) is 1. The second-order valence-electron chi connectivity index (χ2n) is 7.04. The molecule has 2 aromatic rings. The normalized spacial score (nSPS) is 17.3. The first-order valence-corrected chi connectivity index (χ1v) is 9.99. The number of hydrogen-bond donors (Lipinski definition) is 4. The molecule has 3 rings (SSSR count). The van der Waals surface area contributed by atoms with E-state index in [0.29, 0.717) is 19.5 Å². The predicted octanol–water partition coefficient (Wildman–Crippen LogP) is 2.59. The van der Waals surface area contributed by atoms with Crippen molar-refractivity contribution in [3.05, 3.63) is 71.8 Å². The van der Waals surface area contributed by atoms with Crippen LogP contribution in [-0.4, -0.2) is 47.9 Å². The lowest BCUT2D eigenvalue weighted by Crippen LogP contribution is -2.51. The van der Waals surface area contributed by atoms with Crippen LogP contribution in [0.15, 0.2) is 60.7 Å². The highest BCUT2D eigenvalue weighted by molar-refractivity contribution is 5.83. The molecule has 4 N–H and O–H groups in total. The molecule has 0 radical (unpaired) electrons. The van der Waals surface area contributed by atoms with Gasteiger partial charge in [0.05, 0.1) is 6.04 Å². The lowest BCUT2D eigenvalue weighted by Gasteiger charge is -2.20. The van der Waals surface area contributed by atoms with Gasteiger partial charge in [-0.2, -0.15) is 13.2 Å². The summed E-state index contributed by atoms with van der Waals surface area (Å²) in [6.07, 6.45) is -4.91. The molecule has 0 aromatic heterocycles. The summed E-state index contributed by atoms with van der Waals surface area (Å²) in [6, 6.07) is 18.5. The van der Waals surface area contributed by atoms with Crippen LogP contribution in [0.5, 0.6) is 0 Å². The van der Waals surface area contributed by atoms with Crippen LogP contribution in [0.25, 0.3) is 0 Å². The van der Waals surface area contributed by atoms with E-state index in [4.69, 9.17) is 14.6 Å². The van der Waals surface area contributed by atoms with E-state index in [1.807, 2.05) is 60.7 Å². The molecule has 1 aliphatic rings. The topological polar surface area (TPSA) is 117 Å². The van der Waals surface area contributed by atoms with Crippen molar-refractivity contribution < 1.29 is 37.4 Å². The van der Waals surface area contributed by atoms with Gasteiger partial charge in [0, 0.05) is 6.54 Å². The Kier molecular flexibility index (Phi) is 9.67. The minimum atomic E-state index is -5.08. The highest BCUT2D eigenvalue weighted by Crippen LogP contribution is 2.13. The molecule has 2 amide bonds. The number of benzene rings is 2. The van der Waals surface area contributed by atoms with Crippen LogP contribution in [0, 0.1) is 0 Å². The summed E-state index contributed by atoms with van der Waals surface area (Å²) in [5.74, 6) is -2.88. The molecule has 0 spiro atoms. The van der Waals surface area contributed by atoms with Gasteiger partial charge in [0.15, 0.2) is 0 Å². The molecular weight excluding hydrogens is 443 g/mol. The van der Waals surface area contributed by atoms with Crippen molar-refractivity contribution in [1.82, 2.24) is 16.0 Å². The van der Waals surface area contributed by atoms with E-state index in [2.05, 4.69) is 16.0 Å². The van der Waals surface area contributed by atoms with Gasteiger partial charge in [0.2, 0.25) is 5.91 Å². The van der Waals surface area contributed by atoms with Gasteiger partial charge >= 0.3 is 18.2 Å². The van der Waals surface area contributed by atoms with Gasteiger partial charge in [-0.15, -0.1) is 0 Å². The molecule has 11 heteroatoms. The van der Waals surface area contributed by atoms with E-state index < -0.39 is 24.3 Å². The molecule has 0 saturated carbocycles. The van der Waals surface area contributed by atoms with Crippen LogP contribution in [0.2, 0.25) is 0 Å². The quantitative estimate of drug-likeness (QED) is 0.519. The first-order valence-electron chi connectivity index (χ1n) is 9.99. The van der Waals surface area contributed by atoms with E-state index in [-0.39, 0.29) is 18.6 Å². The lowest BCUT2D eigenvalue weighted by atomic mass is 10.1. The SMILES string of the molecule is O=C(N[C@H]1CCN[C@H]1C(=O)NCc1ccccc1)OCc1ccccc1.O=C(O)C(F)(F)F. The second kappa shape index (κ2) is 12.4. The van der Waals surface area contributed by atoms with E-state index in [1.54, 1.807) is 0 Å². The fraction of sp³-hybridized carbons (Fsp3) is 0.318. The van der Waals surface area contributed by atoms with Crippen LogP contribution in [0.1, 0.15) is 17.5 Å². The highest BCUT2D eigenvalue weighted by Gasteiger charge is 2.38. The molecule has 33 heavy (non-hydrogen) atoms. The molecular formula is C22H24F3N3O5. The van der Waals surface area contributed by atoms with Gasteiger partial charge in [0.1, 0.15) is 12.6 Å². The summed E-state index contributed by atoms with van der Waals surface area (Å²) in [4.78, 5) is 33.3. The average molecular weight is 467 g/mol. The Morgan fingerprint density at radius 1 is 1.00 bits per heavy atom. The highest BCUT2D eigenvalue weighted by atomic mass is 19.4. The predicted molar refractivity (Wildman–Crippen MR) is 112 cm³/mol. The first-order chi connectivity index (χ1) is 15.7. The number of halogens is 3. The number of nitrogens with one attached hydrogen (secondary N) is 3. The Hall–Kier alpha value is -3.60. The van der Waals surface area contributed by atoms with Crippen LogP contribution >= 0.6 is 0 Å². The monoisotopic (exact) mass is 467 g/mol. The third-order valence-corrected chi connectivity index (χ3v) is 4.57. The number of hydrogen-bond acceptors (Lipinski definition) is 5. The number of ether oxygens (including phenoxy) is 1. The van der Waals surface area contributed by atoms with Crippen molar-refractivity contribution in [3.8, 4) is 0 Å². The van der Waals surface area contributed by atoms with E-state index in [1.165, 1.54) is 0 Å². The fourth-order valence-electron chi connectivity index (χ4n) is 2.95. The number of amides is 2. The first kappa shape index (κ1) is 25.7. The smallest absolute Gasteiger partial charge is 0.475 e. The van der Waals surface area contributed by atoms with Gasteiger partial charge in [-0.05, 0) is 24.1 Å². The Morgan fingerprint density at radius 2 is 1.55 bits per heavy atom. The average Bonchev–Trinajstić information content (AvgIpc) is 3.25. The molecule has 2 aromatic carbocycles. The molecule has 1 saturated heterocycles. The van der Waals surface area contributed by atoms with Crippen LogP contribution in [0.3, 0.4) is 0 Å². The van der Waals surface area contributed by atoms with Crippen molar-refractivity contribution in [2.24, 2.45) is 0 Å². The standard InChI is InChI=1S/C20H23N3O3.C2HF3O2/c24-19(22-13-15-7-3-1-4-8-15)18-17(11-12-21-18)23-20(25)26-14-16-9-5-2-6-10-16;3-2(4,5)1(6)7/h1-10,17-18,21H,11-14H2,(H,22,24)(H,23,25);(H,6,7)/t17-,18+;/m0./s1. The van der Waals surface area contributed by atoms with Crippen LogP contribution in [-0.2, 0) is 27.5 Å². The largest absolute Gasteiger partial charge is 0.490 e. The minimum absolute atomic E-state index is 0.125. The molecule has 0 bridgehead atoms. The van der Waals surface area contributed by atoms with E-state index in [0.717, 1.165) is 11.1 Å². The van der Waals surface area contributed by atoms with E-state index in [9.17, 15) is 22.8 Å². The van der Waals surface area contributed by atoms with Crippen molar-refractivity contribution in [1.29, 1.82) is 0 Å². The van der Waals surface area contributed by atoms with Gasteiger partial charge in [-0.1, -0.05) is 60.7 Å². The van der Waals surface area contributed by atoms with Crippen molar-refractivity contribution in [3.63, 3.8) is 0 Å². The zero-order chi connectivity index (χ0) is 24.3. The third kappa shape index (κ3) is 9.19. The molecule has 8 nitrogen and oxygen atoms in total. The van der Waals surface area contributed by atoms with Gasteiger partial charge in [-0.25, -0.2) is 9.59 Å². The zero-order valence-corrected chi connectivity index (χ0v) is 17.5. The Morgan fingerprint density at radius 3 is 2.09 bits per heavy atom. The molecule has 0 aliphatic carbocycles. The van der Waals surface area contributed by atoms with Crippen molar-refractivity contribution in [2.45, 2.75) is 37.8 Å². The zero-order valence-electron chi connectivity index (χ0n) is 17.5. The number of aliphatic carboxylic acids is 1. The Bertz CT molecular complexity index is 910. The summed E-state index contributed by atoms with van der Waals surface area (Å²) in [7, 11) is 0. The maximum absolute atomic E-state index is 12.4. The number of carboxylic acids is 1. The van der Waals surface area contributed by atoms with E-state index >= 15 is 0 Å². The fourth-order valence-corrected chi connectivity index (χ4v) is 2.95. The number of rotatable bonds is 6. The van der Waals surface area contributed by atoms with Crippen molar-refractivity contribution >= 4 is 18.0 Å².